The van der Waals surface area contributed by atoms with Gasteiger partial charge in [-0.2, -0.15) is 0 Å². The molecule has 0 bridgehead atoms. The molecule has 0 aliphatic carbocycles. The molecule has 0 fully saturated rings. The molecular formula is C6H7IO3. The Bertz CT molecular complexity index is 176. The van der Waals surface area contributed by atoms with E-state index in [2.05, 4.69) is 0 Å². The van der Waals surface area contributed by atoms with Crippen molar-refractivity contribution in [2.24, 2.45) is 0 Å². The van der Waals surface area contributed by atoms with E-state index in [0.717, 1.165) is 3.57 Å². The fraction of sp³-hybridized carbons (Fsp3) is 0. The average molecular weight is 254 g/mol. The number of benzene rings is 1. The molecule has 4 heteroatoms. The van der Waals surface area contributed by atoms with Gasteiger partial charge >= 0.3 is 0 Å². The molecule has 0 unspecified atom stereocenters. The first-order valence-electron chi connectivity index (χ1n) is 2.45. The first kappa shape index (κ1) is 9.67. The molecule has 0 spiro atoms. The molecule has 0 aliphatic rings. The van der Waals surface area contributed by atoms with E-state index in [1.54, 1.807) is 0 Å². The van der Waals surface area contributed by atoms with Crippen LogP contribution < -0.4 is 0 Å². The van der Waals surface area contributed by atoms with Crippen LogP contribution in [0.4, 0.5) is 0 Å². The lowest BCUT2D eigenvalue weighted by atomic mass is 10.4. The molecule has 1 rings (SSSR count). The van der Waals surface area contributed by atoms with Crippen molar-refractivity contribution in [3.63, 3.8) is 0 Å². The summed E-state index contributed by atoms with van der Waals surface area (Å²) in [7, 11) is 0. The molecule has 0 amide bonds. The third-order valence-corrected chi connectivity index (χ3v) is 2.05. The molecular weight excluding hydrogens is 247 g/mol. The van der Waals surface area contributed by atoms with Crippen molar-refractivity contribution < 1.29 is 13.6 Å². The summed E-state index contributed by atoms with van der Waals surface area (Å²) in [6.45, 7) is 0. The lowest BCUT2D eigenvalue weighted by Gasteiger charge is -1.80. The largest absolute Gasteiger partial charge is 0.265 e. The first-order chi connectivity index (χ1) is 4.93. The van der Waals surface area contributed by atoms with Crippen LogP contribution in [0.5, 0.6) is 0 Å². The molecule has 0 aliphatic heterocycles. The van der Waals surface area contributed by atoms with Crippen molar-refractivity contribution in [3.05, 3.63) is 33.9 Å². The van der Waals surface area contributed by atoms with Gasteiger partial charge in [0, 0.05) is 3.57 Å². The quantitative estimate of drug-likeness (QED) is 0.458. The zero-order valence-electron chi connectivity index (χ0n) is 5.07. The normalized spacial score (nSPS) is 7.80. The van der Waals surface area contributed by atoms with Crippen molar-refractivity contribution in [3.8, 4) is 0 Å². The van der Waals surface area contributed by atoms with E-state index in [4.69, 9.17) is 10.5 Å². The fourth-order valence-electron chi connectivity index (χ4n) is 0.466. The van der Waals surface area contributed by atoms with Crippen LogP contribution in [0, 0.1) is 3.57 Å². The van der Waals surface area contributed by atoms with Gasteiger partial charge in [0.1, 0.15) is 0 Å². The third-order valence-electron chi connectivity index (χ3n) is 0.822. The minimum atomic E-state index is -0.941. The highest BCUT2D eigenvalue weighted by Crippen LogP contribution is 2.06. The Kier molecular flexibility index (Phi) is 6.56. The van der Waals surface area contributed by atoms with Gasteiger partial charge in [0.15, 0.2) is 21.2 Å². The van der Waals surface area contributed by atoms with E-state index in [1.807, 2.05) is 30.3 Å². The zero-order valence-corrected chi connectivity index (χ0v) is 7.22. The fourth-order valence-corrected chi connectivity index (χ4v) is 1.17. The standard InChI is InChI=1S/C6H5IO.H2O2/c8-7-6-4-2-1-3-5-6;1-2/h1-5H;1-2H. The van der Waals surface area contributed by atoms with E-state index >= 15 is 0 Å². The molecule has 0 aromatic heterocycles. The van der Waals surface area contributed by atoms with Gasteiger partial charge in [-0.3, -0.25) is 13.6 Å². The maximum absolute atomic E-state index is 10.2. The predicted molar refractivity (Wildman–Crippen MR) is 45.1 cm³/mol. The van der Waals surface area contributed by atoms with Crippen molar-refractivity contribution >= 4 is 21.2 Å². The second kappa shape index (κ2) is 6.79. The van der Waals surface area contributed by atoms with Crippen molar-refractivity contribution in [1.82, 2.24) is 0 Å². The summed E-state index contributed by atoms with van der Waals surface area (Å²) < 4.78 is 11.2. The molecule has 56 valence electrons. The van der Waals surface area contributed by atoms with Crippen LogP contribution in [0.3, 0.4) is 0 Å². The molecule has 1 aromatic carbocycles. The van der Waals surface area contributed by atoms with Gasteiger partial charge < -0.3 is 0 Å². The van der Waals surface area contributed by atoms with Crippen LogP contribution in [-0.2, 0) is 3.07 Å². The zero-order chi connectivity index (χ0) is 7.82. The molecule has 2 N–H and O–H groups in total. The van der Waals surface area contributed by atoms with Crippen LogP contribution in [-0.4, -0.2) is 10.5 Å². The summed E-state index contributed by atoms with van der Waals surface area (Å²) >= 11 is -0.941. The SMILES string of the molecule is O=Ic1ccccc1.OO. The molecule has 0 saturated carbocycles. The highest BCUT2D eigenvalue weighted by atomic mass is 127. The van der Waals surface area contributed by atoms with Crippen LogP contribution in [0.25, 0.3) is 0 Å². The Labute approximate surface area is 68.9 Å². The maximum atomic E-state index is 10.2. The molecule has 0 radical (unpaired) electrons. The Morgan fingerprint density at radius 3 is 1.90 bits per heavy atom. The summed E-state index contributed by atoms with van der Waals surface area (Å²) in [6.07, 6.45) is 0. The molecule has 0 atom stereocenters. The minimum Gasteiger partial charge on any atom is -0.265 e. The van der Waals surface area contributed by atoms with E-state index < -0.39 is 21.2 Å². The number of hydrogen-bond donors (Lipinski definition) is 2. The van der Waals surface area contributed by atoms with Crippen molar-refractivity contribution in [2.45, 2.75) is 0 Å². The molecule has 3 nitrogen and oxygen atoms in total. The maximum Gasteiger partial charge on any atom is 0.182 e. The van der Waals surface area contributed by atoms with Crippen molar-refractivity contribution in [2.75, 3.05) is 0 Å². The van der Waals surface area contributed by atoms with E-state index in [9.17, 15) is 3.07 Å². The van der Waals surface area contributed by atoms with Gasteiger partial charge in [0.2, 0.25) is 0 Å². The van der Waals surface area contributed by atoms with E-state index in [1.165, 1.54) is 0 Å². The van der Waals surface area contributed by atoms with Crippen LogP contribution in [0.2, 0.25) is 0 Å². The van der Waals surface area contributed by atoms with Gasteiger partial charge in [-0.25, -0.2) is 0 Å². The Morgan fingerprint density at radius 2 is 1.60 bits per heavy atom. The molecule has 1 aromatic rings. The van der Waals surface area contributed by atoms with Gasteiger partial charge in [0.25, 0.3) is 0 Å². The number of halogens is 1. The van der Waals surface area contributed by atoms with Gasteiger partial charge in [-0.15, -0.1) is 0 Å². The number of hydrogen-bond acceptors (Lipinski definition) is 3. The Balaban J connectivity index is 0.000000371. The van der Waals surface area contributed by atoms with Crippen LogP contribution in [0.15, 0.2) is 30.3 Å². The summed E-state index contributed by atoms with van der Waals surface area (Å²) in [5.41, 5.74) is 0. The Hall–Kier alpha value is -0.330. The summed E-state index contributed by atoms with van der Waals surface area (Å²) in [4.78, 5) is 0. The smallest absolute Gasteiger partial charge is 0.182 e. The van der Waals surface area contributed by atoms with E-state index in [0.29, 0.717) is 0 Å². The van der Waals surface area contributed by atoms with E-state index in [-0.39, 0.29) is 0 Å². The lowest BCUT2D eigenvalue weighted by molar-refractivity contribution is -0.176. The first-order valence-corrected chi connectivity index (χ1v) is 4.41. The summed E-state index contributed by atoms with van der Waals surface area (Å²) in [5, 5.41) is 12.0. The van der Waals surface area contributed by atoms with Gasteiger partial charge in [-0.05, 0) is 12.1 Å². The predicted octanol–water partition coefficient (Wildman–Crippen LogP) is 2.19. The monoisotopic (exact) mass is 254 g/mol. The lowest BCUT2D eigenvalue weighted by Crippen LogP contribution is -1.63. The highest BCUT2D eigenvalue weighted by Gasteiger charge is 1.81. The molecule has 0 saturated heterocycles. The minimum absolute atomic E-state index is 0.941. The average Bonchev–Trinajstić information content (AvgIpc) is 2.10. The molecule has 10 heavy (non-hydrogen) atoms. The highest BCUT2D eigenvalue weighted by molar-refractivity contribution is 14.1. The Morgan fingerprint density at radius 1 is 1.10 bits per heavy atom. The third kappa shape index (κ3) is 3.65. The molecule has 0 heterocycles. The summed E-state index contributed by atoms with van der Waals surface area (Å²) in [6, 6.07) is 9.46. The number of rotatable bonds is 1. The second-order valence-corrected chi connectivity index (χ2v) is 3.06. The topological polar surface area (TPSA) is 57.5 Å². The second-order valence-electron chi connectivity index (χ2n) is 1.37. The van der Waals surface area contributed by atoms with Crippen LogP contribution in [0.1, 0.15) is 0 Å². The van der Waals surface area contributed by atoms with Gasteiger partial charge in [0.05, 0.1) is 0 Å². The van der Waals surface area contributed by atoms with Crippen molar-refractivity contribution in [1.29, 1.82) is 0 Å². The van der Waals surface area contributed by atoms with Crippen LogP contribution >= 0.6 is 21.2 Å². The summed E-state index contributed by atoms with van der Waals surface area (Å²) in [5.74, 6) is 0. The van der Waals surface area contributed by atoms with Gasteiger partial charge in [-0.1, -0.05) is 18.2 Å².